The molecule has 2 rings (SSSR count). The Morgan fingerprint density at radius 2 is 1.76 bits per heavy atom. The Kier molecular flexibility index (Phi) is 6.87. The largest absolute Gasteiger partial charge is 0.490 e. The van der Waals surface area contributed by atoms with Gasteiger partial charge in [0.15, 0.2) is 11.5 Å². The van der Waals surface area contributed by atoms with Crippen molar-refractivity contribution in [3.63, 3.8) is 0 Å². The number of hydrogen-bond donors (Lipinski definition) is 1. The first-order valence-corrected chi connectivity index (χ1v) is 8.45. The maximum Gasteiger partial charge on any atom is 0.161 e. The minimum Gasteiger partial charge on any atom is -0.490 e. The van der Waals surface area contributed by atoms with Gasteiger partial charge in [0.25, 0.3) is 0 Å². The monoisotopic (exact) mass is 291 g/mol. The Morgan fingerprint density at radius 1 is 1.00 bits per heavy atom. The van der Waals surface area contributed by atoms with E-state index in [2.05, 4.69) is 17.4 Å². The maximum absolute atomic E-state index is 5.67. The number of nitrogens with one attached hydrogen (secondary N) is 1. The Balaban J connectivity index is 1.72. The summed E-state index contributed by atoms with van der Waals surface area (Å²) in [5.74, 6) is 1.74. The molecule has 118 valence electrons. The van der Waals surface area contributed by atoms with Crippen molar-refractivity contribution in [1.29, 1.82) is 0 Å². The molecule has 1 N–H and O–H groups in total. The predicted molar refractivity (Wildman–Crippen MR) is 87.4 cm³/mol. The Labute approximate surface area is 129 Å². The van der Waals surface area contributed by atoms with Crippen LogP contribution in [0.4, 0.5) is 0 Å². The lowest BCUT2D eigenvalue weighted by Crippen LogP contribution is -2.17. The van der Waals surface area contributed by atoms with Crippen molar-refractivity contribution in [1.82, 2.24) is 5.32 Å². The van der Waals surface area contributed by atoms with Crippen LogP contribution in [-0.4, -0.2) is 25.8 Å². The predicted octanol–water partition coefficient (Wildman–Crippen LogP) is 3.95. The molecule has 21 heavy (non-hydrogen) atoms. The zero-order valence-corrected chi connectivity index (χ0v) is 13.5. The van der Waals surface area contributed by atoms with Crippen LogP contribution in [0.15, 0.2) is 18.2 Å². The van der Waals surface area contributed by atoms with E-state index in [1.54, 1.807) is 0 Å². The summed E-state index contributed by atoms with van der Waals surface area (Å²) in [7, 11) is 0. The molecule has 1 aromatic carbocycles. The molecule has 0 aliphatic heterocycles. The lowest BCUT2D eigenvalue weighted by atomic mass is 10.1. The van der Waals surface area contributed by atoms with Crippen molar-refractivity contribution in [3.05, 3.63) is 23.8 Å². The smallest absolute Gasteiger partial charge is 0.161 e. The molecular weight excluding hydrogens is 262 g/mol. The fraction of sp³-hybridized carbons (Fsp3) is 0.667. The highest BCUT2D eigenvalue weighted by Gasteiger charge is 2.19. The molecule has 0 radical (unpaired) electrons. The summed E-state index contributed by atoms with van der Waals surface area (Å²) in [6, 6.07) is 7.18. The van der Waals surface area contributed by atoms with Crippen molar-refractivity contribution in [3.8, 4) is 11.5 Å². The second kappa shape index (κ2) is 8.93. The van der Waals surface area contributed by atoms with Crippen LogP contribution in [0.5, 0.6) is 11.5 Å². The van der Waals surface area contributed by atoms with Crippen molar-refractivity contribution < 1.29 is 9.47 Å². The number of unbranched alkanes of at least 4 members (excludes halogenated alkanes) is 2. The van der Waals surface area contributed by atoms with Gasteiger partial charge >= 0.3 is 0 Å². The minimum atomic E-state index is 0.674. The normalized spacial score (nSPS) is 14.2. The van der Waals surface area contributed by atoms with Gasteiger partial charge in [-0.1, -0.05) is 12.5 Å². The van der Waals surface area contributed by atoms with Gasteiger partial charge in [-0.15, -0.1) is 0 Å². The van der Waals surface area contributed by atoms with Gasteiger partial charge in [0.05, 0.1) is 13.2 Å². The molecule has 0 spiro atoms. The molecule has 0 amide bonds. The molecule has 0 aromatic heterocycles. The van der Waals surface area contributed by atoms with E-state index in [0.717, 1.165) is 24.0 Å². The van der Waals surface area contributed by atoms with Crippen LogP contribution in [0.1, 0.15) is 51.5 Å². The van der Waals surface area contributed by atoms with E-state index in [-0.39, 0.29) is 0 Å². The molecule has 0 atom stereocenters. The van der Waals surface area contributed by atoms with Gasteiger partial charge in [-0.25, -0.2) is 0 Å². The van der Waals surface area contributed by atoms with Crippen molar-refractivity contribution in [2.24, 2.45) is 0 Å². The van der Waals surface area contributed by atoms with E-state index in [4.69, 9.17) is 9.47 Å². The Hall–Kier alpha value is -1.22. The molecule has 1 aliphatic rings. The summed E-state index contributed by atoms with van der Waals surface area (Å²) in [4.78, 5) is 0. The van der Waals surface area contributed by atoms with E-state index in [1.165, 1.54) is 44.2 Å². The number of rotatable bonds is 11. The third-order valence-electron chi connectivity index (χ3n) is 3.76. The highest BCUT2D eigenvalue weighted by molar-refractivity contribution is 5.43. The SMILES string of the molecule is CCOc1ccc(CCCCCNC2CC2)cc1OCC. The van der Waals surface area contributed by atoms with E-state index in [0.29, 0.717) is 13.2 Å². The van der Waals surface area contributed by atoms with Gasteiger partial charge in [0.2, 0.25) is 0 Å². The molecule has 1 saturated carbocycles. The summed E-state index contributed by atoms with van der Waals surface area (Å²) in [6.45, 7) is 6.54. The number of benzene rings is 1. The van der Waals surface area contributed by atoms with Gasteiger partial charge in [-0.2, -0.15) is 0 Å². The van der Waals surface area contributed by atoms with Gasteiger partial charge in [-0.05, 0) is 70.2 Å². The summed E-state index contributed by atoms with van der Waals surface area (Å²) in [6.07, 6.45) is 7.70. The average Bonchev–Trinajstić information content (AvgIpc) is 3.30. The molecule has 0 heterocycles. The summed E-state index contributed by atoms with van der Waals surface area (Å²) >= 11 is 0. The summed E-state index contributed by atoms with van der Waals surface area (Å²) in [5, 5.41) is 3.57. The maximum atomic E-state index is 5.67. The van der Waals surface area contributed by atoms with Gasteiger partial charge < -0.3 is 14.8 Å². The quantitative estimate of drug-likeness (QED) is 0.626. The molecule has 1 aromatic rings. The van der Waals surface area contributed by atoms with Crippen LogP contribution in [0.2, 0.25) is 0 Å². The molecule has 3 nitrogen and oxygen atoms in total. The van der Waals surface area contributed by atoms with Gasteiger partial charge in [0.1, 0.15) is 0 Å². The van der Waals surface area contributed by atoms with E-state index in [9.17, 15) is 0 Å². The lowest BCUT2D eigenvalue weighted by molar-refractivity contribution is 0.287. The Bertz CT molecular complexity index is 416. The van der Waals surface area contributed by atoms with Crippen LogP contribution >= 0.6 is 0 Å². The fourth-order valence-electron chi connectivity index (χ4n) is 2.48. The van der Waals surface area contributed by atoms with Crippen LogP contribution in [0, 0.1) is 0 Å². The molecule has 1 fully saturated rings. The highest BCUT2D eigenvalue weighted by atomic mass is 16.5. The standard InChI is InChI=1S/C18H29NO2/c1-3-20-17-12-9-15(14-18(17)21-4-2)8-6-5-7-13-19-16-10-11-16/h9,12,14,16,19H,3-8,10-11,13H2,1-2H3. The van der Waals surface area contributed by atoms with Crippen molar-refractivity contribution in [2.45, 2.75) is 58.4 Å². The fourth-order valence-corrected chi connectivity index (χ4v) is 2.48. The van der Waals surface area contributed by atoms with Crippen molar-refractivity contribution in [2.75, 3.05) is 19.8 Å². The molecular formula is C18H29NO2. The topological polar surface area (TPSA) is 30.5 Å². The van der Waals surface area contributed by atoms with Gasteiger partial charge in [-0.3, -0.25) is 0 Å². The number of aryl methyl sites for hydroxylation is 1. The third-order valence-corrected chi connectivity index (χ3v) is 3.76. The van der Waals surface area contributed by atoms with E-state index >= 15 is 0 Å². The van der Waals surface area contributed by atoms with Crippen LogP contribution in [0.25, 0.3) is 0 Å². The van der Waals surface area contributed by atoms with Crippen molar-refractivity contribution >= 4 is 0 Å². The third kappa shape index (κ3) is 5.96. The zero-order valence-electron chi connectivity index (χ0n) is 13.5. The minimum absolute atomic E-state index is 0.674. The van der Waals surface area contributed by atoms with E-state index < -0.39 is 0 Å². The highest BCUT2D eigenvalue weighted by Crippen LogP contribution is 2.29. The summed E-state index contributed by atoms with van der Waals surface area (Å²) in [5.41, 5.74) is 1.34. The van der Waals surface area contributed by atoms with Gasteiger partial charge in [0, 0.05) is 6.04 Å². The molecule has 0 saturated heterocycles. The zero-order chi connectivity index (χ0) is 14.9. The molecule has 0 bridgehead atoms. The first kappa shape index (κ1) is 16.2. The first-order valence-electron chi connectivity index (χ1n) is 8.45. The molecule has 3 heteroatoms. The van der Waals surface area contributed by atoms with Crippen LogP contribution in [-0.2, 0) is 6.42 Å². The number of ether oxygens (including phenoxy) is 2. The van der Waals surface area contributed by atoms with Crippen LogP contribution in [0.3, 0.4) is 0 Å². The molecule has 0 unspecified atom stereocenters. The van der Waals surface area contributed by atoms with Crippen LogP contribution < -0.4 is 14.8 Å². The second-order valence-electron chi connectivity index (χ2n) is 5.69. The summed E-state index contributed by atoms with van der Waals surface area (Å²) < 4.78 is 11.3. The Morgan fingerprint density at radius 3 is 2.48 bits per heavy atom. The first-order chi connectivity index (χ1) is 10.3. The van der Waals surface area contributed by atoms with E-state index in [1.807, 2.05) is 19.9 Å². The lowest BCUT2D eigenvalue weighted by Gasteiger charge is -2.12. The molecule has 1 aliphatic carbocycles. The average molecular weight is 291 g/mol. The second-order valence-corrected chi connectivity index (χ2v) is 5.69. The number of hydrogen-bond acceptors (Lipinski definition) is 3.